The minimum absolute atomic E-state index is 0.143. The highest BCUT2D eigenvalue weighted by molar-refractivity contribution is 5.90. The van der Waals surface area contributed by atoms with Crippen molar-refractivity contribution in [3.8, 4) is 23.0 Å². The highest BCUT2D eigenvalue weighted by atomic mass is 16.5. The number of aromatic nitrogens is 2. The number of amides is 2. The average molecular weight is 438 g/mol. The summed E-state index contributed by atoms with van der Waals surface area (Å²) in [5.41, 5.74) is 1.36. The number of benzene rings is 1. The van der Waals surface area contributed by atoms with Gasteiger partial charge in [0.1, 0.15) is 5.69 Å². The van der Waals surface area contributed by atoms with E-state index in [4.69, 9.17) is 13.9 Å². The van der Waals surface area contributed by atoms with Crippen LogP contribution in [0.2, 0.25) is 0 Å². The summed E-state index contributed by atoms with van der Waals surface area (Å²) >= 11 is 0. The molecular formula is C23H27N5O4. The van der Waals surface area contributed by atoms with Crippen molar-refractivity contribution in [1.29, 1.82) is 0 Å². The molecule has 9 nitrogen and oxygen atoms in total. The Morgan fingerprint density at radius 1 is 1.00 bits per heavy atom. The number of hydrogen-bond acceptors (Lipinski definition) is 7. The van der Waals surface area contributed by atoms with Gasteiger partial charge in [0.05, 0.1) is 19.5 Å². The summed E-state index contributed by atoms with van der Waals surface area (Å²) in [5, 5.41) is 11.5. The highest BCUT2D eigenvalue weighted by Gasteiger charge is 2.22. The van der Waals surface area contributed by atoms with Crippen molar-refractivity contribution in [2.24, 2.45) is 0 Å². The number of ether oxygens (including phenoxy) is 2. The molecule has 2 amide bonds. The molecule has 1 N–H and O–H groups in total. The maximum absolute atomic E-state index is 12.8. The number of urea groups is 1. The summed E-state index contributed by atoms with van der Waals surface area (Å²) in [7, 11) is 0. The lowest BCUT2D eigenvalue weighted by Gasteiger charge is -2.35. The molecule has 0 saturated carbocycles. The van der Waals surface area contributed by atoms with Crippen molar-refractivity contribution < 1.29 is 18.7 Å². The fourth-order valence-electron chi connectivity index (χ4n) is 3.52. The first-order valence-corrected chi connectivity index (χ1v) is 10.8. The van der Waals surface area contributed by atoms with Crippen molar-refractivity contribution in [1.82, 2.24) is 15.1 Å². The van der Waals surface area contributed by atoms with Crippen LogP contribution in [0.4, 0.5) is 16.3 Å². The highest BCUT2D eigenvalue weighted by Crippen LogP contribution is 2.31. The zero-order chi connectivity index (χ0) is 22.3. The Morgan fingerprint density at radius 2 is 1.78 bits per heavy atom. The molecule has 0 aliphatic carbocycles. The van der Waals surface area contributed by atoms with Gasteiger partial charge in [0.25, 0.3) is 0 Å². The molecule has 1 aliphatic rings. The standard InChI is InChI=1S/C23H27N5O4/c1-3-30-20-9-7-17(16-21(20)31-4-2)24-23(29)28-13-11-27(12-14-28)22-10-8-18(25-26-22)19-6-5-15-32-19/h5-10,15-16H,3-4,11-14H2,1-2H3,(H,24,29). The lowest BCUT2D eigenvalue weighted by atomic mass is 10.2. The van der Waals surface area contributed by atoms with Crippen LogP contribution in [0.1, 0.15) is 13.8 Å². The molecule has 1 aliphatic heterocycles. The molecular weight excluding hydrogens is 410 g/mol. The van der Waals surface area contributed by atoms with Gasteiger partial charge in [-0.3, -0.25) is 0 Å². The zero-order valence-corrected chi connectivity index (χ0v) is 18.3. The number of nitrogens with one attached hydrogen (secondary N) is 1. The molecule has 0 spiro atoms. The number of hydrogen-bond donors (Lipinski definition) is 1. The number of furan rings is 1. The smallest absolute Gasteiger partial charge is 0.321 e. The molecule has 1 aromatic carbocycles. The topological polar surface area (TPSA) is 93.0 Å². The van der Waals surface area contributed by atoms with E-state index in [-0.39, 0.29) is 6.03 Å². The lowest BCUT2D eigenvalue weighted by Crippen LogP contribution is -2.50. The average Bonchev–Trinajstić information content (AvgIpc) is 3.36. The van der Waals surface area contributed by atoms with Crippen LogP contribution < -0.4 is 19.7 Å². The van der Waals surface area contributed by atoms with E-state index in [0.717, 1.165) is 5.82 Å². The summed E-state index contributed by atoms with van der Waals surface area (Å²) in [6, 6.07) is 12.8. The number of nitrogens with zero attached hydrogens (tertiary/aromatic N) is 4. The second kappa shape index (κ2) is 10.0. The van der Waals surface area contributed by atoms with Crippen molar-refractivity contribution >= 4 is 17.5 Å². The summed E-state index contributed by atoms with van der Waals surface area (Å²) in [5.74, 6) is 2.76. The maximum atomic E-state index is 12.8. The van der Waals surface area contributed by atoms with E-state index in [0.29, 0.717) is 68.0 Å². The molecule has 0 atom stereocenters. The van der Waals surface area contributed by atoms with Crippen LogP contribution in [0.15, 0.2) is 53.1 Å². The van der Waals surface area contributed by atoms with Gasteiger partial charge in [-0.15, -0.1) is 10.2 Å². The molecule has 0 unspecified atom stereocenters. The van der Waals surface area contributed by atoms with E-state index in [1.165, 1.54) is 0 Å². The molecule has 3 aromatic rings. The summed E-state index contributed by atoms with van der Waals surface area (Å²) in [4.78, 5) is 16.7. The van der Waals surface area contributed by atoms with Crippen LogP contribution >= 0.6 is 0 Å². The zero-order valence-electron chi connectivity index (χ0n) is 18.3. The van der Waals surface area contributed by atoms with Crippen molar-refractivity contribution in [2.75, 3.05) is 49.6 Å². The maximum Gasteiger partial charge on any atom is 0.321 e. The van der Waals surface area contributed by atoms with Crippen LogP contribution in [-0.2, 0) is 0 Å². The number of carbonyl (C=O) groups is 1. The second-order valence-corrected chi connectivity index (χ2v) is 7.19. The first-order chi connectivity index (χ1) is 15.7. The van der Waals surface area contributed by atoms with E-state index >= 15 is 0 Å². The van der Waals surface area contributed by atoms with Crippen LogP contribution in [0, 0.1) is 0 Å². The summed E-state index contributed by atoms with van der Waals surface area (Å²) in [6.07, 6.45) is 1.61. The molecule has 9 heteroatoms. The van der Waals surface area contributed by atoms with E-state index in [1.807, 2.05) is 50.2 Å². The Kier molecular flexibility index (Phi) is 6.74. The number of rotatable bonds is 7. The Labute approximate surface area is 186 Å². The van der Waals surface area contributed by atoms with Crippen molar-refractivity contribution in [3.05, 3.63) is 48.7 Å². The van der Waals surface area contributed by atoms with Gasteiger partial charge in [0.15, 0.2) is 23.1 Å². The van der Waals surface area contributed by atoms with E-state index < -0.39 is 0 Å². The Hall–Kier alpha value is -3.75. The predicted octanol–water partition coefficient (Wildman–Crippen LogP) is 3.89. The molecule has 2 aromatic heterocycles. The van der Waals surface area contributed by atoms with Crippen LogP contribution in [-0.4, -0.2) is 60.5 Å². The Bertz CT molecular complexity index is 1020. The van der Waals surface area contributed by atoms with Gasteiger partial charge in [0, 0.05) is 37.9 Å². The number of anilines is 2. The molecule has 32 heavy (non-hydrogen) atoms. The van der Waals surface area contributed by atoms with Crippen LogP contribution in [0.3, 0.4) is 0 Å². The third-order valence-electron chi connectivity index (χ3n) is 5.11. The molecule has 1 fully saturated rings. The third kappa shape index (κ3) is 4.93. The number of piperazine rings is 1. The van der Waals surface area contributed by atoms with Crippen molar-refractivity contribution in [2.45, 2.75) is 13.8 Å². The molecule has 0 radical (unpaired) electrons. The van der Waals surface area contributed by atoms with E-state index in [1.54, 1.807) is 17.2 Å². The monoisotopic (exact) mass is 437 g/mol. The summed E-state index contributed by atoms with van der Waals surface area (Å²) in [6.45, 7) is 7.42. The first kappa shape index (κ1) is 21.5. The normalized spacial score (nSPS) is 13.7. The van der Waals surface area contributed by atoms with Gasteiger partial charge in [-0.1, -0.05) is 0 Å². The number of carbonyl (C=O) groups excluding carboxylic acids is 1. The van der Waals surface area contributed by atoms with Crippen molar-refractivity contribution in [3.63, 3.8) is 0 Å². The molecule has 1 saturated heterocycles. The van der Waals surface area contributed by atoms with Gasteiger partial charge in [-0.2, -0.15) is 0 Å². The quantitative estimate of drug-likeness (QED) is 0.599. The first-order valence-electron chi connectivity index (χ1n) is 10.8. The Morgan fingerprint density at radius 3 is 2.44 bits per heavy atom. The van der Waals surface area contributed by atoms with Gasteiger partial charge in [0.2, 0.25) is 0 Å². The van der Waals surface area contributed by atoms with Crippen LogP contribution in [0.25, 0.3) is 11.5 Å². The second-order valence-electron chi connectivity index (χ2n) is 7.19. The van der Waals surface area contributed by atoms with Gasteiger partial charge in [-0.25, -0.2) is 4.79 Å². The third-order valence-corrected chi connectivity index (χ3v) is 5.11. The fraction of sp³-hybridized carbons (Fsp3) is 0.348. The largest absolute Gasteiger partial charge is 0.490 e. The van der Waals surface area contributed by atoms with Gasteiger partial charge < -0.3 is 29.0 Å². The van der Waals surface area contributed by atoms with E-state index in [2.05, 4.69) is 20.4 Å². The molecule has 168 valence electrons. The minimum atomic E-state index is -0.143. The van der Waals surface area contributed by atoms with Crippen LogP contribution in [0.5, 0.6) is 11.5 Å². The molecule has 4 rings (SSSR count). The van der Waals surface area contributed by atoms with Gasteiger partial charge in [-0.05, 0) is 50.2 Å². The van der Waals surface area contributed by atoms with Gasteiger partial charge >= 0.3 is 6.03 Å². The Balaban J connectivity index is 1.33. The predicted molar refractivity (Wildman–Crippen MR) is 121 cm³/mol. The molecule has 3 heterocycles. The minimum Gasteiger partial charge on any atom is -0.490 e. The lowest BCUT2D eigenvalue weighted by molar-refractivity contribution is 0.208. The SMILES string of the molecule is CCOc1ccc(NC(=O)N2CCN(c3ccc(-c4ccco4)nn3)CC2)cc1OCC. The molecule has 0 bridgehead atoms. The van der Waals surface area contributed by atoms with E-state index in [9.17, 15) is 4.79 Å². The fourth-order valence-corrected chi connectivity index (χ4v) is 3.52. The summed E-state index contributed by atoms with van der Waals surface area (Å²) < 4.78 is 16.6.